The fourth-order valence-corrected chi connectivity index (χ4v) is 2.32. The number of nitrogens with one attached hydrogen (secondary N) is 1. The average molecular weight is 296 g/mol. The molecule has 4 heteroatoms. The van der Waals surface area contributed by atoms with Crippen molar-refractivity contribution in [3.63, 3.8) is 0 Å². The number of pyridine rings is 1. The van der Waals surface area contributed by atoms with E-state index in [1.807, 2.05) is 61.6 Å². The molecule has 0 atom stereocenters. The lowest BCUT2D eigenvalue weighted by Crippen LogP contribution is -1.98. The first kappa shape index (κ1) is 14.3. The maximum Gasteiger partial charge on any atom is 0.123 e. The first-order valence-electron chi connectivity index (χ1n) is 7.18. The number of rotatable bonds is 5. The van der Waals surface area contributed by atoms with Crippen molar-refractivity contribution in [2.45, 2.75) is 0 Å². The molecule has 0 unspecified atom stereocenters. The average Bonchev–Trinajstić information content (AvgIpc) is 2.59. The summed E-state index contributed by atoms with van der Waals surface area (Å²) in [5.41, 5.74) is 3.95. The van der Waals surface area contributed by atoms with Crippen LogP contribution >= 0.6 is 0 Å². The van der Waals surface area contributed by atoms with E-state index in [0.717, 1.165) is 27.8 Å². The quantitative estimate of drug-likeness (QED) is 0.762. The molecule has 0 radical (unpaired) electrons. The third-order valence-electron chi connectivity index (χ3n) is 3.48. The van der Waals surface area contributed by atoms with Crippen LogP contribution in [0.3, 0.4) is 0 Å². The van der Waals surface area contributed by atoms with E-state index in [2.05, 4.69) is 10.3 Å². The van der Waals surface area contributed by atoms with E-state index in [1.165, 1.54) is 0 Å². The van der Waals surface area contributed by atoms with Crippen LogP contribution in [0, 0.1) is 0 Å². The van der Waals surface area contributed by atoms with Gasteiger partial charge in [-0.05, 0) is 36.4 Å². The van der Waals surface area contributed by atoms with Crippen LogP contribution in [0.15, 0.2) is 54.6 Å². The Morgan fingerprint density at radius 3 is 2.59 bits per heavy atom. The number of benzene rings is 2. The summed E-state index contributed by atoms with van der Waals surface area (Å²) in [6.07, 6.45) is 0. The van der Waals surface area contributed by atoms with Crippen molar-refractivity contribution in [1.82, 2.24) is 4.98 Å². The van der Waals surface area contributed by atoms with Crippen molar-refractivity contribution in [3.05, 3.63) is 54.6 Å². The molecule has 22 heavy (non-hydrogen) atoms. The summed E-state index contributed by atoms with van der Waals surface area (Å²) in [6, 6.07) is 17.7. The molecule has 1 N–H and O–H groups in total. The largest absolute Gasteiger partial charge is 0.491 e. The van der Waals surface area contributed by atoms with Crippen molar-refractivity contribution >= 4 is 16.6 Å². The molecular formula is C18H17FN2O. The Morgan fingerprint density at radius 1 is 1.05 bits per heavy atom. The van der Waals surface area contributed by atoms with Crippen LogP contribution in [0.2, 0.25) is 0 Å². The minimum absolute atomic E-state index is 0.0782. The molecule has 3 nitrogen and oxygen atoms in total. The van der Waals surface area contributed by atoms with E-state index in [0.29, 0.717) is 5.75 Å². The molecule has 3 aromatic rings. The molecule has 0 aliphatic rings. The third-order valence-corrected chi connectivity index (χ3v) is 3.48. The lowest BCUT2D eigenvalue weighted by molar-refractivity contribution is 0.273. The zero-order valence-electron chi connectivity index (χ0n) is 12.3. The highest BCUT2D eigenvalue weighted by molar-refractivity contribution is 5.83. The van der Waals surface area contributed by atoms with Gasteiger partial charge in [-0.3, -0.25) is 0 Å². The number of hydrogen-bond donors (Lipinski definition) is 1. The lowest BCUT2D eigenvalue weighted by Gasteiger charge is -2.07. The maximum atomic E-state index is 12.1. The molecule has 0 aliphatic carbocycles. The summed E-state index contributed by atoms with van der Waals surface area (Å²) in [4.78, 5) is 4.67. The number of aromatic nitrogens is 1. The predicted molar refractivity (Wildman–Crippen MR) is 88.2 cm³/mol. The summed E-state index contributed by atoms with van der Waals surface area (Å²) < 4.78 is 17.4. The second-order valence-electron chi connectivity index (χ2n) is 4.92. The fourth-order valence-electron chi connectivity index (χ4n) is 2.32. The molecule has 0 fully saturated rings. The Labute approximate surface area is 128 Å². The van der Waals surface area contributed by atoms with Gasteiger partial charge in [0.25, 0.3) is 0 Å². The summed E-state index contributed by atoms with van der Waals surface area (Å²) in [7, 11) is 1.89. The Kier molecular flexibility index (Phi) is 4.19. The molecule has 1 aromatic heterocycles. The van der Waals surface area contributed by atoms with E-state index in [4.69, 9.17) is 4.74 Å². The predicted octanol–water partition coefficient (Wildman–Crippen LogP) is 4.29. The van der Waals surface area contributed by atoms with Crippen LogP contribution in [-0.4, -0.2) is 25.3 Å². The van der Waals surface area contributed by atoms with Gasteiger partial charge in [-0.1, -0.05) is 18.2 Å². The molecule has 0 amide bonds. The smallest absolute Gasteiger partial charge is 0.123 e. The molecule has 0 bridgehead atoms. The first-order valence-corrected chi connectivity index (χ1v) is 7.18. The van der Waals surface area contributed by atoms with E-state index >= 15 is 0 Å². The number of halogens is 1. The highest BCUT2D eigenvalue weighted by Gasteiger charge is 2.03. The molecule has 112 valence electrons. The number of anilines is 1. The van der Waals surface area contributed by atoms with Crippen molar-refractivity contribution in [2.75, 3.05) is 25.6 Å². The van der Waals surface area contributed by atoms with Crippen molar-refractivity contribution in [2.24, 2.45) is 0 Å². The van der Waals surface area contributed by atoms with Crippen LogP contribution in [0.5, 0.6) is 5.75 Å². The Balaban J connectivity index is 1.91. The number of ether oxygens (including phenoxy) is 1. The lowest BCUT2D eigenvalue weighted by atomic mass is 10.1. The van der Waals surface area contributed by atoms with Gasteiger partial charge in [0.1, 0.15) is 19.0 Å². The van der Waals surface area contributed by atoms with E-state index in [9.17, 15) is 4.39 Å². The Bertz CT molecular complexity index is 772. The molecular weight excluding hydrogens is 279 g/mol. The topological polar surface area (TPSA) is 34.1 Å². The first-order chi connectivity index (χ1) is 10.8. The maximum absolute atomic E-state index is 12.1. The van der Waals surface area contributed by atoms with Gasteiger partial charge in [-0.2, -0.15) is 0 Å². The van der Waals surface area contributed by atoms with Gasteiger partial charge in [0.15, 0.2) is 0 Å². The van der Waals surface area contributed by atoms with Crippen LogP contribution in [-0.2, 0) is 0 Å². The van der Waals surface area contributed by atoms with E-state index < -0.39 is 6.67 Å². The Morgan fingerprint density at radius 2 is 1.86 bits per heavy atom. The molecule has 0 spiro atoms. The third kappa shape index (κ3) is 3.01. The van der Waals surface area contributed by atoms with Gasteiger partial charge in [-0.15, -0.1) is 0 Å². The summed E-state index contributed by atoms with van der Waals surface area (Å²) in [5, 5.41) is 4.08. The van der Waals surface area contributed by atoms with Crippen LogP contribution in [0.25, 0.3) is 22.2 Å². The normalized spacial score (nSPS) is 10.6. The highest BCUT2D eigenvalue weighted by atomic mass is 19.1. The number of nitrogens with zero attached hydrogens (tertiary/aromatic N) is 1. The zero-order valence-corrected chi connectivity index (χ0v) is 12.3. The van der Waals surface area contributed by atoms with Crippen molar-refractivity contribution < 1.29 is 9.13 Å². The second kappa shape index (κ2) is 6.43. The molecule has 0 saturated heterocycles. The van der Waals surface area contributed by atoms with Gasteiger partial charge >= 0.3 is 0 Å². The van der Waals surface area contributed by atoms with Crippen LogP contribution in [0.1, 0.15) is 0 Å². The van der Waals surface area contributed by atoms with Crippen LogP contribution < -0.4 is 10.1 Å². The standard InChI is InChI=1S/C18H17FN2O/c1-20-15-5-2-13(3-6-15)17-8-4-14-12-16(22-11-10-19)7-9-18(14)21-17/h2-9,12,20H,10-11H2,1H3. The summed E-state index contributed by atoms with van der Waals surface area (Å²) >= 11 is 0. The Hall–Kier alpha value is -2.62. The SMILES string of the molecule is CNc1ccc(-c2ccc3cc(OCCF)ccc3n2)cc1. The highest BCUT2D eigenvalue weighted by Crippen LogP contribution is 2.25. The number of fused-ring (bicyclic) bond motifs is 1. The van der Waals surface area contributed by atoms with Gasteiger partial charge in [-0.25, -0.2) is 9.37 Å². The van der Waals surface area contributed by atoms with Gasteiger partial charge in [0.2, 0.25) is 0 Å². The van der Waals surface area contributed by atoms with E-state index in [1.54, 1.807) is 0 Å². The fraction of sp³-hybridized carbons (Fsp3) is 0.167. The van der Waals surface area contributed by atoms with Crippen molar-refractivity contribution in [1.29, 1.82) is 0 Å². The van der Waals surface area contributed by atoms with Crippen molar-refractivity contribution in [3.8, 4) is 17.0 Å². The minimum Gasteiger partial charge on any atom is -0.491 e. The molecule has 3 rings (SSSR count). The number of hydrogen-bond acceptors (Lipinski definition) is 3. The number of alkyl halides is 1. The van der Waals surface area contributed by atoms with Crippen LogP contribution in [0.4, 0.5) is 10.1 Å². The second-order valence-corrected chi connectivity index (χ2v) is 4.92. The minimum atomic E-state index is -0.488. The molecule has 2 aromatic carbocycles. The van der Waals surface area contributed by atoms with Gasteiger partial charge in [0.05, 0.1) is 11.2 Å². The monoisotopic (exact) mass is 296 g/mol. The molecule has 0 aliphatic heterocycles. The van der Waals surface area contributed by atoms with Gasteiger partial charge in [0, 0.05) is 23.7 Å². The molecule has 1 heterocycles. The zero-order chi connectivity index (χ0) is 15.4. The molecule has 0 saturated carbocycles. The summed E-state index contributed by atoms with van der Waals surface area (Å²) in [6.45, 7) is -0.410. The summed E-state index contributed by atoms with van der Waals surface area (Å²) in [5.74, 6) is 0.665. The van der Waals surface area contributed by atoms with E-state index in [-0.39, 0.29) is 6.61 Å². The van der Waals surface area contributed by atoms with Gasteiger partial charge < -0.3 is 10.1 Å².